The first-order chi connectivity index (χ1) is 18.5. The second-order valence-corrected chi connectivity index (χ2v) is 10.7. The fraction of sp³-hybridized carbons (Fsp3) is 0.333. The smallest absolute Gasteiger partial charge is 0.321 e. The van der Waals surface area contributed by atoms with Gasteiger partial charge in [0.25, 0.3) is 0 Å². The number of nitrogens with one attached hydrogen (secondary N) is 4. The van der Waals surface area contributed by atoms with Gasteiger partial charge in [-0.3, -0.25) is 4.79 Å². The lowest BCUT2D eigenvalue weighted by molar-refractivity contribution is -0.121. The molecule has 1 aromatic heterocycles. The van der Waals surface area contributed by atoms with Crippen molar-refractivity contribution in [3.8, 4) is 0 Å². The van der Waals surface area contributed by atoms with Crippen molar-refractivity contribution in [2.75, 3.05) is 42.1 Å². The van der Waals surface area contributed by atoms with Crippen LogP contribution in [0.25, 0.3) is 0 Å². The first-order valence-corrected chi connectivity index (χ1v) is 14.3. The average molecular weight is 645 g/mol. The number of nitrogens with zero attached hydrogens (tertiary/aromatic N) is 3. The third-order valence-electron chi connectivity index (χ3n) is 6.03. The van der Waals surface area contributed by atoms with Gasteiger partial charge in [0, 0.05) is 54.6 Å². The molecular formula is C27H31Br2N7O2. The van der Waals surface area contributed by atoms with Gasteiger partial charge in [0.2, 0.25) is 11.9 Å². The zero-order chi connectivity index (χ0) is 26.7. The van der Waals surface area contributed by atoms with E-state index in [-0.39, 0.29) is 11.9 Å². The average Bonchev–Trinajstić information content (AvgIpc) is 3.46. The molecule has 0 spiro atoms. The SMILES string of the molecule is O=C(CCc1ccc(Br)cc1)NCCCNc1nc(Nc2cccc(NC(=O)N3CCCC3)c2)ncc1Br. The first-order valence-electron chi connectivity index (χ1n) is 12.7. The number of carbonyl (C=O) groups excluding carboxylic acids is 2. The summed E-state index contributed by atoms with van der Waals surface area (Å²) in [7, 11) is 0. The number of likely N-dealkylation sites (tertiary alicyclic amines) is 1. The summed E-state index contributed by atoms with van der Waals surface area (Å²) in [5.74, 6) is 1.13. The number of carbonyl (C=O) groups is 2. The van der Waals surface area contributed by atoms with Crippen molar-refractivity contribution in [3.63, 3.8) is 0 Å². The number of hydrogen-bond acceptors (Lipinski definition) is 6. The Morgan fingerprint density at radius 3 is 2.53 bits per heavy atom. The molecule has 0 unspecified atom stereocenters. The van der Waals surface area contributed by atoms with Crippen LogP contribution in [0.4, 0.5) is 27.9 Å². The molecule has 11 heteroatoms. The van der Waals surface area contributed by atoms with E-state index in [1.807, 2.05) is 53.4 Å². The Bertz CT molecular complexity index is 1230. The van der Waals surface area contributed by atoms with E-state index >= 15 is 0 Å². The Labute approximate surface area is 239 Å². The first kappa shape index (κ1) is 27.8. The van der Waals surface area contributed by atoms with Crippen LogP contribution >= 0.6 is 31.9 Å². The van der Waals surface area contributed by atoms with E-state index in [0.717, 1.165) is 59.0 Å². The summed E-state index contributed by atoms with van der Waals surface area (Å²) >= 11 is 6.91. The number of anilines is 4. The number of aryl methyl sites for hydroxylation is 1. The number of halogens is 2. The van der Waals surface area contributed by atoms with Crippen LogP contribution in [0.5, 0.6) is 0 Å². The monoisotopic (exact) mass is 643 g/mol. The number of urea groups is 1. The minimum absolute atomic E-state index is 0.0430. The zero-order valence-corrected chi connectivity index (χ0v) is 24.1. The quantitative estimate of drug-likeness (QED) is 0.193. The number of hydrogen-bond donors (Lipinski definition) is 4. The van der Waals surface area contributed by atoms with E-state index in [1.165, 1.54) is 0 Å². The summed E-state index contributed by atoms with van der Waals surface area (Å²) in [4.78, 5) is 35.2. The minimum atomic E-state index is -0.0770. The molecule has 1 saturated heterocycles. The fourth-order valence-corrected chi connectivity index (χ4v) is 4.59. The van der Waals surface area contributed by atoms with Crippen LogP contribution in [-0.2, 0) is 11.2 Å². The molecule has 3 amide bonds. The second-order valence-electron chi connectivity index (χ2n) is 8.98. The van der Waals surface area contributed by atoms with Gasteiger partial charge < -0.3 is 26.2 Å². The fourth-order valence-electron chi connectivity index (χ4n) is 4.00. The van der Waals surface area contributed by atoms with Gasteiger partial charge in [-0.1, -0.05) is 34.1 Å². The highest BCUT2D eigenvalue weighted by Gasteiger charge is 2.17. The Morgan fingerprint density at radius 1 is 0.974 bits per heavy atom. The van der Waals surface area contributed by atoms with Crippen molar-refractivity contribution in [1.82, 2.24) is 20.2 Å². The molecule has 4 rings (SSSR count). The van der Waals surface area contributed by atoms with Crippen LogP contribution < -0.4 is 21.3 Å². The molecule has 0 aliphatic carbocycles. The maximum absolute atomic E-state index is 12.4. The van der Waals surface area contributed by atoms with Crippen LogP contribution in [0, 0.1) is 0 Å². The summed E-state index contributed by atoms with van der Waals surface area (Å²) < 4.78 is 1.78. The predicted molar refractivity (Wildman–Crippen MR) is 158 cm³/mol. The summed E-state index contributed by atoms with van der Waals surface area (Å²) in [6.07, 6.45) is 5.71. The topological polar surface area (TPSA) is 111 Å². The van der Waals surface area contributed by atoms with Gasteiger partial charge >= 0.3 is 6.03 Å². The highest BCUT2D eigenvalue weighted by atomic mass is 79.9. The Balaban J connectivity index is 1.20. The van der Waals surface area contributed by atoms with Crippen LogP contribution in [-0.4, -0.2) is 53.0 Å². The molecule has 3 aromatic rings. The van der Waals surface area contributed by atoms with Gasteiger partial charge in [-0.15, -0.1) is 0 Å². The second kappa shape index (κ2) is 14.1. The number of benzene rings is 2. The lowest BCUT2D eigenvalue weighted by Gasteiger charge is -2.16. The summed E-state index contributed by atoms with van der Waals surface area (Å²) in [5.41, 5.74) is 2.62. The Hall–Kier alpha value is -3.18. The summed E-state index contributed by atoms with van der Waals surface area (Å²) in [6, 6.07) is 15.4. The third-order valence-corrected chi connectivity index (χ3v) is 7.14. The van der Waals surface area contributed by atoms with Gasteiger partial charge in [0.1, 0.15) is 5.82 Å². The molecule has 0 bridgehead atoms. The van der Waals surface area contributed by atoms with Gasteiger partial charge in [-0.25, -0.2) is 9.78 Å². The maximum Gasteiger partial charge on any atom is 0.321 e. The van der Waals surface area contributed by atoms with Crippen LogP contribution in [0.2, 0.25) is 0 Å². The summed E-state index contributed by atoms with van der Waals surface area (Å²) in [6.45, 7) is 2.81. The summed E-state index contributed by atoms with van der Waals surface area (Å²) in [5, 5.41) is 12.4. The molecule has 9 nitrogen and oxygen atoms in total. The number of amides is 3. The third kappa shape index (κ3) is 8.70. The highest BCUT2D eigenvalue weighted by Crippen LogP contribution is 2.23. The standard InChI is InChI=1S/C27H31Br2N7O2/c28-20-10-7-19(8-11-20)9-12-24(37)30-13-4-14-31-25-23(29)18-32-26(35-25)33-21-5-3-6-22(17-21)34-27(38)36-15-1-2-16-36/h3,5-8,10-11,17-18H,1-2,4,9,12-16H2,(H,30,37)(H,34,38)(H2,31,32,33,35). The zero-order valence-electron chi connectivity index (χ0n) is 21.0. The predicted octanol–water partition coefficient (Wildman–Crippen LogP) is 5.92. The van der Waals surface area contributed by atoms with Crippen molar-refractivity contribution in [2.24, 2.45) is 0 Å². The van der Waals surface area contributed by atoms with E-state index in [0.29, 0.717) is 37.0 Å². The van der Waals surface area contributed by atoms with E-state index in [2.05, 4.69) is 63.1 Å². The lowest BCUT2D eigenvalue weighted by atomic mass is 10.1. The van der Waals surface area contributed by atoms with E-state index in [1.54, 1.807) is 6.20 Å². The highest BCUT2D eigenvalue weighted by molar-refractivity contribution is 9.10. The van der Waals surface area contributed by atoms with Crippen LogP contribution in [0.15, 0.2) is 63.7 Å². The van der Waals surface area contributed by atoms with Crippen molar-refractivity contribution >= 4 is 66.9 Å². The lowest BCUT2D eigenvalue weighted by Crippen LogP contribution is -2.32. The van der Waals surface area contributed by atoms with Crippen molar-refractivity contribution < 1.29 is 9.59 Å². The maximum atomic E-state index is 12.4. The Kier molecular flexibility index (Phi) is 10.3. The number of rotatable bonds is 11. The Morgan fingerprint density at radius 2 is 1.74 bits per heavy atom. The molecule has 1 aliphatic rings. The van der Waals surface area contributed by atoms with E-state index < -0.39 is 0 Å². The molecule has 38 heavy (non-hydrogen) atoms. The molecule has 0 atom stereocenters. The van der Waals surface area contributed by atoms with Crippen molar-refractivity contribution in [1.29, 1.82) is 0 Å². The van der Waals surface area contributed by atoms with Gasteiger partial charge in [-0.2, -0.15) is 4.98 Å². The van der Waals surface area contributed by atoms with E-state index in [4.69, 9.17) is 0 Å². The van der Waals surface area contributed by atoms with Gasteiger partial charge in [-0.05, 0) is 77.5 Å². The van der Waals surface area contributed by atoms with E-state index in [9.17, 15) is 9.59 Å². The molecule has 4 N–H and O–H groups in total. The van der Waals surface area contributed by atoms with Gasteiger partial charge in [0.05, 0.1) is 4.47 Å². The molecular weight excluding hydrogens is 614 g/mol. The molecule has 2 heterocycles. The molecule has 0 radical (unpaired) electrons. The van der Waals surface area contributed by atoms with Crippen molar-refractivity contribution in [3.05, 3.63) is 69.2 Å². The molecule has 1 fully saturated rings. The minimum Gasteiger partial charge on any atom is -0.369 e. The van der Waals surface area contributed by atoms with Crippen LogP contribution in [0.3, 0.4) is 0 Å². The molecule has 2 aromatic carbocycles. The molecule has 1 aliphatic heterocycles. The van der Waals surface area contributed by atoms with Crippen molar-refractivity contribution in [2.45, 2.75) is 32.1 Å². The normalized spacial score (nSPS) is 12.7. The van der Waals surface area contributed by atoms with Gasteiger partial charge in [0.15, 0.2) is 0 Å². The molecule has 0 saturated carbocycles. The van der Waals surface area contributed by atoms with Crippen LogP contribution in [0.1, 0.15) is 31.2 Å². The largest absolute Gasteiger partial charge is 0.369 e. The number of aromatic nitrogens is 2. The molecule has 200 valence electrons.